The zero-order valence-electron chi connectivity index (χ0n) is 13.9. The van der Waals surface area contributed by atoms with Crippen LogP contribution in [0.5, 0.6) is 0 Å². The summed E-state index contributed by atoms with van der Waals surface area (Å²) in [7, 11) is -3.40. The number of morpholine rings is 1. The second kappa shape index (κ2) is 6.79. The molecule has 2 heterocycles. The van der Waals surface area contributed by atoms with Gasteiger partial charge in [-0.15, -0.1) is 0 Å². The lowest BCUT2D eigenvalue weighted by Crippen LogP contribution is -2.40. The van der Waals surface area contributed by atoms with Crippen molar-refractivity contribution in [1.29, 1.82) is 0 Å². The van der Waals surface area contributed by atoms with E-state index in [9.17, 15) is 8.42 Å². The Balaban J connectivity index is 1.76. The zero-order valence-corrected chi connectivity index (χ0v) is 14.8. The van der Waals surface area contributed by atoms with E-state index >= 15 is 0 Å². The van der Waals surface area contributed by atoms with Gasteiger partial charge in [0.25, 0.3) is 0 Å². The minimum absolute atomic E-state index is 0.376. The lowest BCUT2D eigenvalue weighted by molar-refractivity contribution is 0.0730. The van der Waals surface area contributed by atoms with Crippen molar-refractivity contribution >= 4 is 15.7 Å². The maximum atomic E-state index is 12.6. The number of piperidine rings is 1. The van der Waals surface area contributed by atoms with E-state index in [-0.39, 0.29) is 0 Å². The Bertz CT molecular complexity index is 614. The molecule has 0 spiro atoms. The first-order valence-corrected chi connectivity index (χ1v) is 9.84. The highest BCUT2D eigenvalue weighted by Gasteiger charge is 2.27. The van der Waals surface area contributed by atoms with Gasteiger partial charge >= 0.3 is 0 Å². The highest BCUT2D eigenvalue weighted by atomic mass is 32.2. The van der Waals surface area contributed by atoms with Crippen molar-refractivity contribution < 1.29 is 13.2 Å². The molecule has 0 saturated carbocycles. The number of ether oxygens (including phenoxy) is 1. The van der Waals surface area contributed by atoms with Gasteiger partial charge in [-0.25, -0.2) is 8.42 Å². The van der Waals surface area contributed by atoms with Crippen molar-refractivity contribution in [2.24, 2.45) is 11.8 Å². The lowest BCUT2D eigenvalue weighted by atomic mass is 9.91. The second-order valence-corrected chi connectivity index (χ2v) is 8.80. The number of nitrogens with zero attached hydrogens (tertiary/aromatic N) is 2. The Morgan fingerprint density at radius 1 is 1.00 bits per heavy atom. The molecule has 0 unspecified atom stereocenters. The topological polar surface area (TPSA) is 49.9 Å². The smallest absolute Gasteiger partial charge is 0.243 e. The van der Waals surface area contributed by atoms with Crippen LogP contribution >= 0.6 is 0 Å². The molecule has 23 heavy (non-hydrogen) atoms. The molecule has 0 aliphatic carbocycles. The Kier molecular flexibility index (Phi) is 4.94. The summed E-state index contributed by atoms with van der Waals surface area (Å²) in [6.07, 6.45) is 1.26. The predicted molar refractivity (Wildman–Crippen MR) is 91.2 cm³/mol. The fourth-order valence-electron chi connectivity index (χ4n) is 3.64. The summed E-state index contributed by atoms with van der Waals surface area (Å²) in [5.74, 6) is 1.35. The van der Waals surface area contributed by atoms with Crippen LogP contribution in [0.4, 0.5) is 5.69 Å². The molecule has 5 nitrogen and oxygen atoms in total. The van der Waals surface area contributed by atoms with Crippen LogP contribution in [0.15, 0.2) is 29.2 Å². The fraction of sp³-hybridized carbons (Fsp3) is 0.647. The highest BCUT2D eigenvalue weighted by Crippen LogP contribution is 2.27. The van der Waals surface area contributed by atoms with Crippen LogP contribution in [-0.2, 0) is 14.8 Å². The number of rotatable bonds is 3. The summed E-state index contributed by atoms with van der Waals surface area (Å²) in [6.45, 7) is 8.46. The van der Waals surface area contributed by atoms with Gasteiger partial charge in [0, 0.05) is 31.9 Å². The molecule has 6 heteroatoms. The first-order chi connectivity index (χ1) is 11.0. The number of hydrogen-bond donors (Lipinski definition) is 0. The predicted octanol–water partition coefficient (Wildman–Crippen LogP) is 2.19. The Morgan fingerprint density at radius 3 is 2.13 bits per heavy atom. The van der Waals surface area contributed by atoms with Gasteiger partial charge in [-0.05, 0) is 42.5 Å². The van der Waals surface area contributed by atoms with Gasteiger partial charge in [0.2, 0.25) is 10.0 Å². The molecule has 2 saturated heterocycles. The summed E-state index contributed by atoms with van der Waals surface area (Å²) >= 11 is 0. The largest absolute Gasteiger partial charge is 0.379 e. The third kappa shape index (κ3) is 3.70. The molecule has 2 aliphatic rings. The van der Waals surface area contributed by atoms with E-state index in [1.54, 1.807) is 12.1 Å². The van der Waals surface area contributed by atoms with Gasteiger partial charge in [-0.2, -0.15) is 4.31 Å². The van der Waals surface area contributed by atoms with Crippen molar-refractivity contribution in [3.8, 4) is 0 Å². The van der Waals surface area contributed by atoms with Crippen LogP contribution in [0.3, 0.4) is 0 Å². The quantitative estimate of drug-likeness (QED) is 0.848. The summed E-state index contributed by atoms with van der Waals surface area (Å²) in [5.41, 5.74) is 1.12. The Morgan fingerprint density at radius 2 is 1.57 bits per heavy atom. The van der Waals surface area contributed by atoms with Crippen LogP contribution in [0.2, 0.25) is 0 Å². The van der Waals surface area contributed by atoms with Crippen molar-refractivity contribution in [2.45, 2.75) is 25.2 Å². The van der Waals surface area contributed by atoms with Crippen molar-refractivity contribution in [2.75, 3.05) is 44.3 Å². The average Bonchev–Trinajstić information content (AvgIpc) is 2.55. The average molecular weight is 338 g/mol. The van der Waals surface area contributed by atoms with Gasteiger partial charge in [0.15, 0.2) is 0 Å². The highest BCUT2D eigenvalue weighted by molar-refractivity contribution is 7.89. The molecule has 1 aromatic carbocycles. The molecule has 3 rings (SSSR count). The lowest BCUT2D eigenvalue weighted by Gasteiger charge is -2.36. The van der Waals surface area contributed by atoms with Crippen molar-refractivity contribution in [3.05, 3.63) is 24.3 Å². The maximum absolute atomic E-state index is 12.6. The molecule has 128 valence electrons. The van der Waals surface area contributed by atoms with E-state index < -0.39 is 10.0 Å². The fourth-order valence-corrected chi connectivity index (χ4v) is 5.05. The molecule has 0 radical (unpaired) electrons. The molecular formula is C17H26N2O3S. The molecule has 0 N–H and O–H groups in total. The van der Waals surface area contributed by atoms with Crippen LogP contribution in [0.25, 0.3) is 0 Å². The van der Waals surface area contributed by atoms with E-state index in [2.05, 4.69) is 18.7 Å². The standard InChI is InChI=1S/C17H26N2O3S/c1-14-11-15(2)13-18(12-14)16-3-5-17(6-4-16)23(20,21)19-7-9-22-10-8-19/h3-6,14-15H,7-13H2,1-2H3/t14-,15+. The van der Waals surface area contributed by atoms with Crippen LogP contribution in [-0.4, -0.2) is 52.1 Å². The van der Waals surface area contributed by atoms with Gasteiger partial charge in [-0.3, -0.25) is 0 Å². The van der Waals surface area contributed by atoms with Gasteiger partial charge in [0.05, 0.1) is 18.1 Å². The van der Waals surface area contributed by atoms with E-state index in [4.69, 9.17) is 4.74 Å². The van der Waals surface area contributed by atoms with E-state index in [1.807, 2.05) is 12.1 Å². The summed E-state index contributed by atoms with van der Waals surface area (Å²) in [6, 6.07) is 7.37. The third-order valence-electron chi connectivity index (χ3n) is 4.68. The van der Waals surface area contributed by atoms with E-state index in [0.717, 1.165) is 18.8 Å². The van der Waals surface area contributed by atoms with Gasteiger partial charge in [-0.1, -0.05) is 13.8 Å². The SMILES string of the molecule is C[C@@H]1C[C@H](C)CN(c2ccc(S(=O)(=O)N3CCOCC3)cc2)C1. The second-order valence-electron chi connectivity index (χ2n) is 6.86. The summed E-state index contributed by atoms with van der Waals surface area (Å²) < 4.78 is 32.0. The van der Waals surface area contributed by atoms with Crippen LogP contribution in [0.1, 0.15) is 20.3 Å². The molecule has 2 fully saturated rings. The minimum atomic E-state index is -3.40. The number of anilines is 1. The Labute approximate surface area is 139 Å². The van der Waals surface area contributed by atoms with E-state index in [0.29, 0.717) is 43.0 Å². The summed E-state index contributed by atoms with van der Waals surface area (Å²) in [5, 5.41) is 0. The van der Waals surface area contributed by atoms with Crippen LogP contribution in [0, 0.1) is 11.8 Å². The molecule has 2 aliphatic heterocycles. The number of hydrogen-bond acceptors (Lipinski definition) is 4. The van der Waals surface area contributed by atoms with E-state index in [1.165, 1.54) is 10.7 Å². The molecule has 0 aromatic heterocycles. The van der Waals surface area contributed by atoms with Crippen molar-refractivity contribution in [3.63, 3.8) is 0 Å². The van der Waals surface area contributed by atoms with Crippen LogP contribution < -0.4 is 4.90 Å². The normalized spacial score (nSPS) is 27.1. The Hall–Kier alpha value is -1.11. The van der Waals surface area contributed by atoms with Gasteiger partial charge < -0.3 is 9.64 Å². The first-order valence-electron chi connectivity index (χ1n) is 8.39. The molecule has 1 aromatic rings. The molecular weight excluding hydrogens is 312 g/mol. The summed E-state index contributed by atoms with van der Waals surface area (Å²) in [4.78, 5) is 2.74. The molecule has 0 amide bonds. The first kappa shape index (κ1) is 16.7. The number of sulfonamides is 1. The van der Waals surface area contributed by atoms with Gasteiger partial charge in [0.1, 0.15) is 0 Å². The molecule has 0 bridgehead atoms. The minimum Gasteiger partial charge on any atom is -0.379 e. The monoisotopic (exact) mass is 338 g/mol. The third-order valence-corrected chi connectivity index (χ3v) is 6.59. The molecule has 2 atom stereocenters. The zero-order chi connectivity index (χ0) is 16.4. The number of benzene rings is 1. The van der Waals surface area contributed by atoms with Crippen molar-refractivity contribution in [1.82, 2.24) is 4.31 Å². The maximum Gasteiger partial charge on any atom is 0.243 e.